The third kappa shape index (κ3) is 4.44. The first-order valence-corrected chi connectivity index (χ1v) is 9.97. The second-order valence-corrected chi connectivity index (χ2v) is 7.43. The normalized spacial score (nSPS) is 18.1. The van der Waals surface area contributed by atoms with Gasteiger partial charge in [-0.2, -0.15) is 0 Å². The molecule has 1 aromatic carbocycles. The van der Waals surface area contributed by atoms with E-state index in [-0.39, 0.29) is 30.6 Å². The summed E-state index contributed by atoms with van der Waals surface area (Å²) in [4.78, 5) is 27.1. The SMILES string of the molecule is COc1ccc(/C(O)=C2/C(=O)C(=O)N(CCOC(C)C)C2c2ccc(C)o2)cc1OC. The van der Waals surface area contributed by atoms with Crippen LogP contribution in [-0.4, -0.2) is 55.2 Å². The molecule has 1 aromatic heterocycles. The van der Waals surface area contributed by atoms with Crippen molar-refractivity contribution in [2.45, 2.75) is 32.9 Å². The lowest BCUT2D eigenvalue weighted by molar-refractivity contribution is -0.140. The number of likely N-dealkylation sites (tertiary alicyclic amines) is 1. The van der Waals surface area contributed by atoms with E-state index in [1.807, 2.05) is 13.8 Å². The van der Waals surface area contributed by atoms with Gasteiger partial charge in [0.05, 0.1) is 32.5 Å². The number of rotatable bonds is 8. The van der Waals surface area contributed by atoms with Gasteiger partial charge in [-0.05, 0) is 51.1 Å². The van der Waals surface area contributed by atoms with Gasteiger partial charge in [0, 0.05) is 12.1 Å². The molecular formula is C23H27NO7. The average molecular weight is 429 g/mol. The topological polar surface area (TPSA) is 98.4 Å². The van der Waals surface area contributed by atoms with Crippen LogP contribution in [0.2, 0.25) is 0 Å². The van der Waals surface area contributed by atoms with Gasteiger partial charge in [-0.25, -0.2) is 0 Å². The van der Waals surface area contributed by atoms with Gasteiger partial charge in [-0.15, -0.1) is 0 Å². The number of amides is 1. The number of carbonyl (C=O) groups excluding carboxylic acids is 2. The van der Waals surface area contributed by atoms with Crippen molar-refractivity contribution in [2.24, 2.45) is 0 Å². The Kier molecular flexibility index (Phi) is 6.70. The Morgan fingerprint density at radius 1 is 1.13 bits per heavy atom. The van der Waals surface area contributed by atoms with E-state index < -0.39 is 17.7 Å². The minimum atomic E-state index is -0.863. The molecule has 166 valence electrons. The molecule has 2 heterocycles. The molecule has 2 aromatic rings. The Bertz CT molecular complexity index is 1010. The number of aryl methyl sites for hydroxylation is 1. The standard InChI is InChI=1S/C23H27NO7/c1-13(2)30-11-10-24-20(17-8-6-14(3)31-17)19(22(26)23(24)27)21(25)15-7-9-16(28-4)18(12-15)29-5/h6-9,12-13,20,25H,10-11H2,1-5H3/b21-19-. The summed E-state index contributed by atoms with van der Waals surface area (Å²) in [6.45, 7) is 5.97. The van der Waals surface area contributed by atoms with Crippen LogP contribution in [0.4, 0.5) is 0 Å². The molecule has 1 aliphatic heterocycles. The van der Waals surface area contributed by atoms with Crippen LogP contribution < -0.4 is 9.47 Å². The molecular weight excluding hydrogens is 402 g/mol. The maximum absolute atomic E-state index is 12.9. The van der Waals surface area contributed by atoms with Gasteiger partial charge in [0.15, 0.2) is 11.5 Å². The quantitative estimate of drug-likeness (QED) is 0.390. The minimum Gasteiger partial charge on any atom is -0.507 e. The lowest BCUT2D eigenvalue weighted by Gasteiger charge is -2.23. The van der Waals surface area contributed by atoms with Gasteiger partial charge in [-0.1, -0.05) is 0 Å². The number of Topliss-reactive ketones (excluding diaryl/α,β-unsaturated/α-hetero) is 1. The van der Waals surface area contributed by atoms with Crippen molar-refractivity contribution in [2.75, 3.05) is 27.4 Å². The molecule has 0 radical (unpaired) electrons. The van der Waals surface area contributed by atoms with Crippen molar-refractivity contribution in [1.29, 1.82) is 0 Å². The molecule has 1 N–H and O–H groups in total. The second kappa shape index (κ2) is 9.26. The molecule has 8 heteroatoms. The molecule has 1 unspecified atom stereocenters. The Balaban J connectivity index is 2.09. The van der Waals surface area contributed by atoms with E-state index in [0.717, 1.165) is 0 Å². The van der Waals surface area contributed by atoms with Crippen LogP contribution in [0.25, 0.3) is 5.76 Å². The second-order valence-electron chi connectivity index (χ2n) is 7.43. The summed E-state index contributed by atoms with van der Waals surface area (Å²) in [6, 6.07) is 7.34. The molecule has 1 fully saturated rings. The van der Waals surface area contributed by atoms with Gasteiger partial charge in [0.2, 0.25) is 0 Å². The first kappa shape index (κ1) is 22.4. The summed E-state index contributed by atoms with van der Waals surface area (Å²) < 4.78 is 21.8. The predicted molar refractivity (Wildman–Crippen MR) is 113 cm³/mol. The first-order chi connectivity index (χ1) is 14.8. The van der Waals surface area contributed by atoms with Crippen LogP contribution in [0.5, 0.6) is 11.5 Å². The van der Waals surface area contributed by atoms with Gasteiger partial charge in [0.25, 0.3) is 11.7 Å². The van der Waals surface area contributed by atoms with Crippen LogP contribution in [-0.2, 0) is 14.3 Å². The molecule has 1 atom stereocenters. The largest absolute Gasteiger partial charge is 0.507 e. The lowest BCUT2D eigenvalue weighted by Crippen LogP contribution is -2.33. The smallest absolute Gasteiger partial charge is 0.295 e. The van der Waals surface area contributed by atoms with E-state index >= 15 is 0 Å². The number of hydrogen-bond donors (Lipinski definition) is 1. The molecule has 1 aliphatic rings. The zero-order valence-corrected chi connectivity index (χ0v) is 18.3. The molecule has 1 saturated heterocycles. The van der Waals surface area contributed by atoms with E-state index in [0.29, 0.717) is 28.6 Å². The Hall–Kier alpha value is -3.26. The molecule has 0 saturated carbocycles. The Morgan fingerprint density at radius 3 is 2.42 bits per heavy atom. The highest BCUT2D eigenvalue weighted by Gasteiger charge is 2.47. The first-order valence-electron chi connectivity index (χ1n) is 9.97. The summed E-state index contributed by atoms with van der Waals surface area (Å²) in [5.41, 5.74) is 0.276. The van der Waals surface area contributed by atoms with Crippen molar-refractivity contribution in [1.82, 2.24) is 4.90 Å². The molecule has 31 heavy (non-hydrogen) atoms. The van der Waals surface area contributed by atoms with Crippen molar-refractivity contribution >= 4 is 17.4 Å². The zero-order chi connectivity index (χ0) is 22.7. The van der Waals surface area contributed by atoms with E-state index in [1.54, 1.807) is 37.3 Å². The predicted octanol–water partition coefficient (Wildman–Crippen LogP) is 3.45. The Morgan fingerprint density at radius 2 is 1.84 bits per heavy atom. The Labute approximate surface area is 181 Å². The summed E-state index contributed by atoms with van der Waals surface area (Å²) in [5.74, 6) is 0.0726. The highest BCUT2D eigenvalue weighted by atomic mass is 16.5. The fourth-order valence-corrected chi connectivity index (χ4v) is 3.53. The third-order valence-electron chi connectivity index (χ3n) is 5.01. The van der Waals surface area contributed by atoms with Gasteiger partial charge in [0.1, 0.15) is 23.3 Å². The number of methoxy groups -OCH3 is 2. The summed E-state index contributed by atoms with van der Waals surface area (Å²) in [7, 11) is 2.97. The van der Waals surface area contributed by atoms with Gasteiger partial charge >= 0.3 is 0 Å². The minimum absolute atomic E-state index is 0.0205. The number of ketones is 1. The fraction of sp³-hybridized carbons (Fsp3) is 0.391. The monoisotopic (exact) mass is 429 g/mol. The van der Waals surface area contributed by atoms with Crippen LogP contribution in [0.15, 0.2) is 40.3 Å². The molecule has 0 bridgehead atoms. The van der Waals surface area contributed by atoms with Crippen molar-refractivity contribution in [3.05, 3.63) is 53.0 Å². The highest BCUT2D eigenvalue weighted by molar-refractivity contribution is 6.46. The van der Waals surface area contributed by atoms with Crippen LogP contribution in [0, 0.1) is 6.92 Å². The number of aliphatic hydroxyl groups excluding tert-OH is 1. The summed E-state index contributed by atoms with van der Waals surface area (Å²) in [5, 5.41) is 11.1. The average Bonchev–Trinajstić information content (AvgIpc) is 3.28. The number of aliphatic hydroxyl groups is 1. The maximum atomic E-state index is 12.9. The molecule has 8 nitrogen and oxygen atoms in total. The van der Waals surface area contributed by atoms with E-state index in [9.17, 15) is 14.7 Å². The zero-order valence-electron chi connectivity index (χ0n) is 18.3. The number of hydrogen-bond acceptors (Lipinski definition) is 7. The maximum Gasteiger partial charge on any atom is 0.295 e. The fourth-order valence-electron chi connectivity index (χ4n) is 3.53. The van der Waals surface area contributed by atoms with Gasteiger partial charge < -0.3 is 28.6 Å². The number of furan rings is 1. The summed E-state index contributed by atoms with van der Waals surface area (Å²) >= 11 is 0. The van der Waals surface area contributed by atoms with Crippen molar-refractivity contribution in [3.8, 4) is 11.5 Å². The third-order valence-corrected chi connectivity index (χ3v) is 5.01. The molecule has 3 rings (SSSR count). The van der Waals surface area contributed by atoms with E-state index in [1.165, 1.54) is 19.1 Å². The van der Waals surface area contributed by atoms with Crippen molar-refractivity contribution in [3.63, 3.8) is 0 Å². The molecule has 0 aliphatic carbocycles. The van der Waals surface area contributed by atoms with Crippen LogP contribution in [0.3, 0.4) is 0 Å². The number of ether oxygens (including phenoxy) is 3. The van der Waals surface area contributed by atoms with Crippen LogP contribution in [0.1, 0.15) is 37.0 Å². The van der Waals surface area contributed by atoms with Crippen LogP contribution >= 0.6 is 0 Å². The number of carbonyl (C=O) groups is 2. The van der Waals surface area contributed by atoms with Gasteiger partial charge in [-0.3, -0.25) is 9.59 Å². The molecule has 1 amide bonds. The lowest BCUT2D eigenvalue weighted by atomic mass is 9.99. The number of nitrogens with zero attached hydrogens (tertiary/aromatic N) is 1. The number of benzene rings is 1. The summed E-state index contributed by atoms with van der Waals surface area (Å²) in [6.07, 6.45) is -0.0205. The van der Waals surface area contributed by atoms with E-state index in [4.69, 9.17) is 18.6 Å². The molecule has 0 spiro atoms. The highest BCUT2D eigenvalue weighted by Crippen LogP contribution is 2.41. The van der Waals surface area contributed by atoms with Crippen molar-refractivity contribution < 1.29 is 33.3 Å². The van der Waals surface area contributed by atoms with E-state index in [2.05, 4.69) is 0 Å².